The fourth-order valence-electron chi connectivity index (χ4n) is 4.02. The summed E-state index contributed by atoms with van der Waals surface area (Å²) in [5, 5.41) is 0. The minimum atomic E-state index is -0.390. The second-order valence-electron chi connectivity index (χ2n) is 8.03. The third-order valence-electron chi connectivity index (χ3n) is 5.86. The van der Waals surface area contributed by atoms with Gasteiger partial charge >= 0.3 is 0 Å². The van der Waals surface area contributed by atoms with Crippen LogP contribution in [0.5, 0.6) is 5.88 Å². The smallest absolute Gasteiger partial charge is 0.254 e. The highest BCUT2D eigenvalue weighted by Gasteiger charge is 2.28. The average molecular weight is 420 g/mol. The molecule has 0 spiro atoms. The largest absolute Gasteiger partial charge is 0.477 e. The number of hydrogen-bond acceptors (Lipinski definition) is 4. The number of benzene rings is 1. The highest BCUT2D eigenvalue weighted by molar-refractivity contribution is 6.02. The lowest BCUT2D eigenvalue weighted by molar-refractivity contribution is 0.0631. The maximum atomic E-state index is 13.6. The van der Waals surface area contributed by atoms with Gasteiger partial charge in [-0.2, -0.15) is 0 Å². The van der Waals surface area contributed by atoms with Gasteiger partial charge < -0.3 is 9.64 Å². The SMILES string of the molecule is Cc1ccc(-c2ccccn2)c(C(=O)N2CCCC(COc3ccc(F)cn3)C2)c1C. The second-order valence-corrected chi connectivity index (χ2v) is 8.03. The van der Waals surface area contributed by atoms with Crippen molar-refractivity contribution < 1.29 is 13.9 Å². The lowest BCUT2D eigenvalue weighted by Crippen LogP contribution is -2.42. The van der Waals surface area contributed by atoms with E-state index in [1.807, 2.05) is 49.1 Å². The highest BCUT2D eigenvalue weighted by atomic mass is 19.1. The zero-order valence-electron chi connectivity index (χ0n) is 17.8. The number of carbonyl (C=O) groups is 1. The topological polar surface area (TPSA) is 55.3 Å². The number of piperidine rings is 1. The van der Waals surface area contributed by atoms with Gasteiger partial charge in [0, 0.05) is 36.8 Å². The van der Waals surface area contributed by atoms with E-state index < -0.39 is 0 Å². The summed E-state index contributed by atoms with van der Waals surface area (Å²) in [6, 6.07) is 12.6. The molecule has 1 fully saturated rings. The van der Waals surface area contributed by atoms with Gasteiger partial charge in [0.2, 0.25) is 5.88 Å². The minimum absolute atomic E-state index is 0.0338. The molecule has 0 aliphatic carbocycles. The van der Waals surface area contributed by atoms with Gasteiger partial charge in [0.1, 0.15) is 5.82 Å². The molecule has 6 heteroatoms. The molecule has 0 saturated carbocycles. The zero-order valence-corrected chi connectivity index (χ0v) is 17.8. The van der Waals surface area contributed by atoms with Crippen LogP contribution in [0.2, 0.25) is 0 Å². The van der Waals surface area contributed by atoms with E-state index in [1.54, 1.807) is 6.20 Å². The molecule has 3 aromatic rings. The normalized spacial score (nSPS) is 16.2. The van der Waals surface area contributed by atoms with Crippen LogP contribution in [0.4, 0.5) is 4.39 Å². The first-order chi connectivity index (χ1) is 15.0. The summed E-state index contributed by atoms with van der Waals surface area (Å²) in [7, 11) is 0. The molecule has 4 rings (SSSR count). The van der Waals surface area contributed by atoms with Gasteiger partial charge in [0.25, 0.3) is 5.91 Å². The molecule has 1 aromatic carbocycles. The van der Waals surface area contributed by atoms with Crippen LogP contribution < -0.4 is 4.74 Å². The number of likely N-dealkylation sites (tertiary alicyclic amines) is 1. The van der Waals surface area contributed by atoms with Crippen LogP contribution in [0.25, 0.3) is 11.3 Å². The van der Waals surface area contributed by atoms with Crippen molar-refractivity contribution in [3.05, 3.63) is 77.4 Å². The molecule has 0 radical (unpaired) electrons. The summed E-state index contributed by atoms with van der Waals surface area (Å²) < 4.78 is 18.8. The van der Waals surface area contributed by atoms with Crippen molar-refractivity contribution >= 4 is 5.91 Å². The molecule has 31 heavy (non-hydrogen) atoms. The maximum Gasteiger partial charge on any atom is 0.254 e. The summed E-state index contributed by atoms with van der Waals surface area (Å²) in [5.74, 6) is 0.246. The lowest BCUT2D eigenvalue weighted by atomic mass is 9.92. The first kappa shape index (κ1) is 21.0. The monoisotopic (exact) mass is 419 g/mol. The number of aromatic nitrogens is 2. The van der Waals surface area contributed by atoms with Gasteiger partial charge in [-0.1, -0.05) is 18.2 Å². The van der Waals surface area contributed by atoms with Crippen LogP contribution in [0, 0.1) is 25.6 Å². The predicted molar refractivity (Wildman–Crippen MR) is 117 cm³/mol. The summed E-state index contributed by atoms with van der Waals surface area (Å²) in [4.78, 5) is 24.0. The van der Waals surface area contributed by atoms with Crippen LogP contribution in [-0.2, 0) is 0 Å². The molecule has 1 aliphatic rings. The van der Waals surface area contributed by atoms with Crippen molar-refractivity contribution in [3.63, 3.8) is 0 Å². The van der Waals surface area contributed by atoms with Gasteiger partial charge in [-0.15, -0.1) is 0 Å². The molecule has 1 atom stereocenters. The quantitative estimate of drug-likeness (QED) is 0.594. The van der Waals surface area contributed by atoms with Gasteiger partial charge in [0.15, 0.2) is 0 Å². The number of carbonyl (C=O) groups excluding carboxylic acids is 1. The van der Waals surface area contributed by atoms with Gasteiger partial charge in [0.05, 0.1) is 24.1 Å². The van der Waals surface area contributed by atoms with E-state index in [0.717, 1.165) is 53.5 Å². The molecular formula is C25H26FN3O2. The molecule has 1 unspecified atom stereocenters. The Morgan fingerprint density at radius 3 is 2.77 bits per heavy atom. The molecule has 3 heterocycles. The number of halogens is 1. The van der Waals surface area contributed by atoms with E-state index in [4.69, 9.17) is 4.74 Å². The van der Waals surface area contributed by atoms with Crippen molar-refractivity contribution in [2.24, 2.45) is 5.92 Å². The Morgan fingerprint density at radius 1 is 1.16 bits per heavy atom. The molecule has 1 amide bonds. The number of hydrogen-bond donors (Lipinski definition) is 0. The molecule has 0 bridgehead atoms. The van der Waals surface area contributed by atoms with Crippen molar-refractivity contribution in [3.8, 4) is 17.1 Å². The van der Waals surface area contributed by atoms with E-state index >= 15 is 0 Å². The summed E-state index contributed by atoms with van der Waals surface area (Å²) >= 11 is 0. The first-order valence-corrected chi connectivity index (χ1v) is 10.6. The van der Waals surface area contributed by atoms with E-state index in [-0.39, 0.29) is 17.6 Å². The van der Waals surface area contributed by atoms with Crippen LogP contribution in [-0.4, -0.2) is 40.5 Å². The molecule has 0 N–H and O–H groups in total. The standard InChI is InChI=1S/C25H26FN3O2/c1-17-8-10-21(22-7-3-4-12-27-22)24(18(17)2)25(30)29-13-5-6-19(15-29)16-31-23-11-9-20(26)14-28-23/h3-4,7-12,14,19H,5-6,13,15-16H2,1-2H3. The average Bonchev–Trinajstić information content (AvgIpc) is 2.81. The number of pyridine rings is 2. The number of nitrogens with zero attached hydrogens (tertiary/aromatic N) is 3. The zero-order chi connectivity index (χ0) is 21.8. The Hall–Kier alpha value is -3.28. The molecular weight excluding hydrogens is 393 g/mol. The number of aryl methyl sites for hydroxylation is 1. The maximum absolute atomic E-state index is 13.6. The van der Waals surface area contributed by atoms with Crippen molar-refractivity contribution in [2.45, 2.75) is 26.7 Å². The Kier molecular flexibility index (Phi) is 6.26. The van der Waals surface area contributed by atoms with E-state index in [0.29, 0.717) is 19.0 Å². The third-order valence-corrected chi connectivity index (χ3v) is 5.86. The molecule has 2 aromatic heterocycles. The van der Waals surface area contributed by atoms with Gasteiger partial charge in [-0.05, 0) is 56.0 Å². The lowest BCUT2D eigenvalue weighted by Gasteiger charge is -2.33. The number of amides is 1. The fraction of sp³-hybridized carbons (Fsp3) is 0.320. The molecule has 1 aliphatic heterocycles. The Balaban J connectivity index is 1.52. The summed E-state index contributed by atoms with van der Waals surface area (Å²) in [5.41, 5.74) is 4.46. The van der Waals surface area contributed by atoms with Crippen molar-refractivity contribution in [2.75, 3.05) is 19.7 Å². The van der Waals surface area contributed by atoms with E-state index in [1.165, 1.54) is 12.1 Å². The number of ether oxygens (including phenoxy) is 1. The fourth-order valence-corrected chi connectivity index (χ4v) is 4.02. The Morgan fingerprint density at radius 2 is 2.03 bits per heavy atom. The second kappa shape index (κ2) is 9.25. The van der Waals surface area contributed by atoms with E-state index in [2.05, 4.69) is 9.97 Å². The first-order valence-electron chi connectivity index (χ1n) is 10.6. The highest BCUT2D eigenvalue weighted by Crippen LogP contribution is 2.29. The Labute approximate surface area is 181 Å². The molecule has 1 saturated heterocycles. The van der Waals surface area contributed by atoms with Crippen molar-refractivity contribution in [1.29, 1.82) is 0 Å². The van der Waals surface area contributed by atoms with Gasteiger partial charge in [-0.3, -0.25) is 9.78 Å². The molecule has 160 valence electrons. The van der Waals surface area contributed by atoms with Crippen LogP contribution >= 0.6 is 0 Å². The van der Waals surface area contributed by atoms with E-state index in [9.17, 15) is 9.18 Å². The Bertz CT molecular complexity index is 1050. The van der Waals surface area contributed by atoms with Crippen LogP contribution in [0.1, 0.15) is 34.3 Å². The summed E-state index contributed by atoms with van der Waals surface area (Å²) in [6.07, 6.45) is 4.79. The predicted octanol–water partition coefficient (Wildman–Crippen LogP) is 4.83. The minimum Gasteiger partial charge on any atom is -0.477 e. The van der Waals surface area contributed by atoms with Crippen molar-refractivity contribution in [1.82, 2.24) is 14.9 Å². The third kappa shape index (κ3) is 4.74. The van der Waals surface area contributed by atoms with Gasteiger partial charge in [-0.25, -0.2) is 9.37 Å². The van der Waals surface area contributed by atoms with Crippen LogP contribution in [0.15, 0.2) is 54.9 Å². The summed E-state index contributed by atoms with van der Waals surface area (Å²) in [6.45, 7) is 5.81. The molecule has 5 nitrogen and oxygen atoms in total. The number of rotatable bonds is 5. The van der Waals surface area contributed by atoms with Crippen LogP contribution in [0.3, 0.4) is 0 Å².